The highest BCUT2D eigenvalue weighted by atomic mass is 16.4. The van der Waals surface area contributed by atoms with Crippen molar-refractivity contribution in [2.24, 2.45) is 7.05 Å². The van der Waals surface area contributed by atoms with Gasteiger partial charge in [0.05, 0.1) is 12.7 Å². The van der Waals surface area contributed by atoms with Crippen LogP contribution in [0.4, 0.5) is 0 Å². The molecule has 1 aliphatic heterocycles. The van der Waals surface area contributed by atoms with E-state index in [0.29, 0.717) is 11.5 Å². The number of aromatic nitrogens is 7. The zero-order valence-corrected chi connectivity index (χ0v) is 11.6. The molecular formula is C11H16N8O2. The van der Waals surface area contributed by atoms with E-state index in [1.807, 2.05) is 0 Å². The molecule has 10 nitrogen and oxygen atoms in total. The van der Waals surface area contributed by atoms with Crippen molar-refractivity contribution in [3.8, 4) is 0 Å². The van der Waals surface area contributed by atoms with Crippen LogP contribution < -0.4 is 5.32 Å². The molecule has 3 rings (SSSR count). The van der Waals surface area contributed by atoms with Crippen molar-refractivity contribution >= 4 is 5.97 Å². The van der Waals surface area contributed by atoms with Crippen LogP contribution in [0.25, 0.3) is 0 Å². The summed E-state index contributed by atoms with van der Waals surface area (Å²) in [4.78, 5) is 12.7. The zero-order valence-electron chi connectivity index (χ0n) is 11.6. The number of aryl methyl sites for hydroxylation is 1. The third-order valence-corrected chi connectivity index (χ3v) is 3.54. The first kappa shape index (κ1) is 13.6. The Labute approximate surface area is 120 Å². The van der Waals surface area contributed by atoms with Gasteiger partial charge in [-0.1, -0.05) is 5.21 Å². The van der Waals surface area contributed by atoms with Gasteiger partial charge in [0.2, 0.25) is 0 Å². The lowest BCUT2D eigenvalue weighted by molar-refractivity contribution is 0.0688. The van der Waals surface area contributed by atoms with Gasteiger partial charge in [0.1, 0.15) is 6.54 Å². The summed E-state index contributed by atoms with van der Waals surface area (Å²) in [7, 11) is 1.67. The van der Waals surface area contributed by atoms with E-state index in [9.17, 15) is 9.90 Å². The Morgan fingerprint density at radius 2 is 2.10 bits per heavy atom. The number of tetrazole rings is 1. The molecule has 2 aromatic rings. The quantitative estimate of drug-likeness (QED) is 0.736. The first-order valence-corrected chi connectivity index (χ1v) is 6.75. The molecule has 1 aliphatic rings. The number of aromatic carboxylic acids is 1. The van der Waals surface area contributed by atoms with Crippen LogP contribution in [0.2, 0.25) is 0 Å². The molecule has 2 N–H and O–H groups in total. The lowest BCUT2D eigenvalue weighted by atomic mass is 9.93. The number of carboxylic acid groups (broad SMARTS) is 1. The van der Waals surface area contributed by atoms with Gasteiger partial charge in [-0.2, -0.15) is 4.80 Å². The molecule has 112 valence electrons. The summed E-state index contributed by atoms with van der Waals surface area (Å²) in [6, 6.07) is 0. The summed E-state index contributed by atoms with van der Waals surface area (Å²) in [5.41, 5.74) is 0.669. The maximum atomic E-state index is 11.4. The van der Waals surface area contributed by atoms with Crippen LogP contribution in [-0.2, 0) is 13.6 Å². The number of hydrogen-bond acceptors (Lipinski definition) is 7. The van der Waals surface area contributed by atoms with Crippen LogP contribution in [0.5, 0.6) is 0 Å². The van der Waals surface area contributed by atoms with Gasteiger partial charge >= 0.3 is 5.97 Å². The maximum Gasteiger partial charge on any atom is 0.358 e. The fraction of sp³-hybridized carbons (Fsp3) is 0.636. The van der Waals surface area contributed by atoms with Gasteiger partial charge in [-0.15, -0.1) is 15.3 Å². The second kappa shape index (κ2) is 5.56. The fourth-order valence-corrected chi connectivity index (χ4v) is 2.61. The minimum absolute atomic E-state index is 0.0193. The van der Waals surface area contributed by atoms with Crippen LogP contribution in [-0.4, -0.2) is 59.4 Å². The number of rotatable bonds is 4. The van der Waals surface area contributed by atoms with Crippen molar-refractivity contribution < 1.29 is 9.90 Å². The molecule has 2 aromatic heterocycles. The summed E-state index contributed by atoms with van der Waals surface area (Å²) >= 11 is 0. The number of carbonyl (C=O) groups is 1. The van der Waals surface area contributed by atoms with Crippen molar-refractivity contribution in [3.05, 3.63) is 17.2 Å². The smallest absolute Gasteiger partial charge is 0.358 e. The Balaban J connectivity index is 1.93. The van der Waals surface area contributed by atoms with Gasteiger partial charge in [-0.05, 0) is 31.1 Å². The topological polar surface area (TPSA) is 124 Å². The molecule has 0 amide bonds. The molecule has 1 fully saturated rings. The second-order valence-electron chi connectivity index (χ2n) is 5.01. The predicted octanol–water partition coefficient (Wildman–Crippen LogP) is -0.985. The van der Waals surface area contributed by atoms with Crippen LogP contribution in [0.1, 0.15) is 40.8 Å². The van der Waals surface area contributed by atoms with Crippen LogP contribution in [0.3, 0.4) is 0 Å². The number of nitrogens with zero attached hydrogens (tertiary/aromatic N) is 7. The summed E-state index contributed by atoms with van der Waals surface area (Å²) in [6.07, 6.45) is 1.73. The highest BCUT2D eigenvalue weighted by Crippen LogP contribution is 2.27. The molecule has 10 heteroatoms. The Morgan fingerprint density at radius 3 is 2.71 bits per heavy atom. The molecule has 0 aromatic carbocycles. The van der Waals surface area contributed by atoms with Gasteiger partial charge in [-0.25, -0.2) is 9.48 Å². The third-order valence-electron chi connectivity index (χ3n) is 3.54. The molecule has 0 spiro atoms. The minimum Gasteiger partial charge on any atom is -0.476 e. The number of hydrogen-bond donors (Lipinski definition) is 2. The second-order valence-corrected chi connectivity index (χ2v) is 5.01. The lowest BCUT2D eigenvalue weighted by Crippen LogP contribution is -2.29. The van der Waals surface area contributed by atoms with Gasteiger partial charge in [0.15, 0.2) is 11.5 Å². The Kier molecular flexibility index (Phi) is 3.60. The van der Waals surface area contributed by atoms with E-state index in [4.69, 9.17) is 0 Å². The molecule has 3 heterocycles. The molecule has 1 saturated heterocycles. The Morgan fingerprint density at radius 1 is 1.33 bits per heavy atom. The molecule has 0 aliphatic carbocycles. The molecule has 0 atom stereocenters. The largest absolute Gasteiger partial charge is 0.476 e. The number of piperidine rings is 1. The summed E-state index contributed by atoms with van der Waals surface area (Å²) in [6.45, 7) is 1.99. The van der Waals surface area contributed by atoms with Gasteiger partial charge in [0, 0.05) is 5.92 Å². The summed E-state index contributed by atoms with van der Waals surface area (Å²) in [5, 5.41) is 32.1. The lowest BCUT2D eigenvalue weighted by Gasteiger charge is -2.23. The highest BCUT2D eigenvalue weighted by molar-refractivity contribution is 5.86. The number of carboxylic acids is 1. The maximum absolute atomic E-state index is 11.4. The van der Waals surface area contributed by atoms with Crippen LogP contribution in [0, 0.1) is 0 Å². The van der Waals surface area contributed by atoms with Crippen molar-refractivity contribution in [2.75, 3.05) is 13.1 Å². The Hall–Kier alpha value is -2.36. The molecule has 0 radical (unpaired) electrons. The predicted molar refractivity (Wildman–Crippen MR) is 69.7 cm³/mol. The normalized spacial score (nSPS) is 16.2. The molecule has 21 heavy (non-hydrogen) atoms. The summed E-state index contributed by atoms with van der Waals surface area (Å²) < 4.78 is 1.58. The average molecular weight is 292 g/mol. The van der Waals surface area contributed by atoms with Crippen molar-refractivity contribution in [1.29, 1.82) is 0 Å². The SMILES string of the molecule is Cn1nnc(Cn2nnc(C(=O)O)c2C2CCNCC2)n1. The van der Waals surface area contributed by atoms with E-state index in [2.05, 4.69) is 31.0 Å². The standard InChI is InChI=1S/C11H16N8O2/c1-18-15-8(13-16-18)6-19-10(7-2-4-12-5-3-7)9(11(20)21)14-17-19/h7,12H,2-6H2,1H3,(H,20,21). The molecule has 0 bridgehead atoms. The van der Waals surface area contributed by atoms with E-state index in [0.717, 1.165) is 25.9 Å². The van der Waals surface area contributed by atoms with E-state index in [1.165, 1.54) is 4.80 Å². The minimum atomic E-state index is -1.05. The van der Waals surface area contributed by atoms with Crippen molar-refractivity contribution in [2.45, 2.75) is 25.3 Å². The molecule has 0 saturated carbocycles. The van der Waals surface area contributed by atoms with Gasteiger partial charge in [-0.3, -0.25) is 0 Å². The van der Waals surface area contributed by atoms with E-state index < -0.39 is 5.97 Å². The van der Waals surface area contributed by atoms with E-state index in [-0.39, 0.29) is 18.2 Å². The summed E-state index contributed by atoms with van der Waals surface area (Å²) in [5.74, 6) is -0.444. The van der Waals surface area contributed by atoms with Crippen LogP contribution >= 0.6 is 0 Å². The van der Waals surface area contributed by atoms with Gasteiger partial charge in [0.25, 0.3) is 0 Å². The zero-order chi connectivity index (χ0) is 14.8. The first-order chi connectivity index (χ1) is 10.1. The Bertz CT molecular complexity index is 642. The van der Waals surface area contributed by atoms with E-state index >= 15 is 0 Å². The van der Waals surface area contributed by atoms with Gasteiger partial charge < -0.3 is 10.4 Å². The average Bonchev–Trinajstić information content (AvgIpc) is 3.07. The highest BCUT2D eigenvalue weighted by Gasteiger charge is 2.28. The number of nitrogens with one attached hydrogen (secondary N) is 1. The van der Waals surface area contributed by atoms with Crippen molar-refractivity contribution in [3.63, 3.8) is 0 Å². The fourth-order valence-electron chi connectivity index (χ4n) is 2.61. The van der Waals surface area contributed by atoms with Crippen LogP contribution in [0.15, 0.2) is 0 Å². The monoisotopic (exact) mass is 292 g/mol. The molecule has 0 unspecified atom stereocenters. The van der Waals surface area contributed by atoms with E-state index in [1.54, 1.807) is 11.7 Å². The molecular weight excluding hydrogens is 276 g/mol. The third kappa shape index (κ3) is 2.75. The first-order valence-electron chi connectivity index (χ1n) is 6.75. The van der Waals surface area contributed by atoms with Crippen molar-refractivity contribution in [1.82, 2.24) is 40.5 Å².